The maximum atomic E-state index is 8.27. The van der Waals surface area contributed by atoms with Crippen LogP contribution in [0.4, 0.5) is 0 Å². The van der Waals surface area contributed by atoms with E-state index in [4.69, 9.17) is 42.6 Å². The van der Waals surface area contributed by atoms with Crippen LogP contribution < -0.4 is 9.47 Å². The molecule has 1 aromatic rings. The van der Waals surface area contributed by atoms with E-state index in [2.05, 4.69) is 19.0 Å². The van der Waals surface area contributed by atoms with Gasteiger partial charge < -0.3 is 19.4 Å². The van der Waals surface area contributed by atoms with E-state index in [-0.39, 0.29) is 4.49 Å². The number of hydrogen-bond acceptors (Lipinski definition) is 5. The number of ether oxygens (including phenoxy) is 3. The predicted octanol–water partition coefficient (Wildman–Crippen LogP) is 5.53. The maximum absolute atomic E-state index is 8.27. The van der Waals surface area contributed by atoms with Gasteiger partial charge in [-0.25, -0.2) is 0 Å². The zero-order valence-corrected chi connectivity index (χ0v) is 17.6. The summed E-state index contributed by atoms with van der Waals surface area (Å²) in [7, 11) is 0. The Kier molecular flexibility index (Phi) is 12.8. The second-order valence-corrected chi connectivity index (χ2v) is 6.87. The van der Waals surface area contributed by atoms with Gasteiger partial charge in [-0.1, -0.05) is 42.2 Å². The molecule has 0 unspecified atom stereocenters. The Balaban J connectivity index is 2.52. The third kappa shape index (κ3) is 9.89. The van der Waals surface area contributed by atoms with E-state index in [0.717, 1.165) is 54.7 Å². The second kappa shape index (κ2) is 14.6. The fraction of sp³-hybridized carbons (Fsp3) is 0.550. The van der Waals surface area contributed by atoms with Gasteiger partial charge in [-0.2, -0.15) is 0 Å². The number of rotatable bonds is 14. The monoisotopic (exact) mass is 417 g/mol. The molecule has 0 saturated heterocycles. The van der Waals surface area contributed by atoms with Crippen molar-refractivity contribution in [1.82, 2.24) is 0 Å². The summed E-state index contributed by atoms with van der Waals surface area (Å²) in [5.41, 5.74) is 2.27. The Labute approximate surface area is 171 Å². The smallest absolute Gasteiger partial charge is 0.125 e. The first kappa shape index (κ1) is 23.6. The zero-order valence-electron chi connectivity index (χ0n) is 16.0. The van der Waals surface area contributed by atoms with Crippen molar-refractivity contribution < 1.29 is 19.4 Å². The highest BCUT2D eigenvalue weighted by molar-refractivity contribution is 6.55. The van der Waals surface area contributed by atoms with Gasteiger partial charge >= 0.3 is 0 Å². The summed E-state index contributed by atoms with van der Waals surface area (Å²) in [6.45, 7) is 6.21. The Bertz CT molecular complexity index is 577. The minimum Gasteiger partial charge on any atom is -0.493 e. The molecule has 5 nitrogen and oxygen atoms in total. The lowest BCUT2D eigenvalue weighted by Crippen LogP contribution is -2.05. The molecular formula is C20H29Cl2NO4. The topological polar surface area (TPSA) is 60.3 Å². The summed E-state index contributed by atoms with van der Waals surface area (Å²) < 4.78 is 17.3. The van der Waals surface area contributed by atoms with Crippen LogP contribution in [-0.4, -0.2) is 37.8 Å². The molecule has 0 aromatic heterocycles. The van der Waals surface area contributed by atoms with Gasteiger partial charge in [0, 0.05) is 6.61 Å². The molecule has 0 aliphatic heterocycles. The first-order valence-electron chi connectivity index (χ1n) is 9.28. The minimum absolute atomic E-state index is 0.202. The fourth-order valence-electron chi connectivity index (χ4n) is 2.54. The van der Waals surface area contributed by atoms with E-state index in [1.165, 1.54) is 6.21 Å². The molecule has 0 fully saturated rings. The molecule has 1 N–H and O–H groups in total. The van der Waals surface area contributed by atoms with Gasteiger partial charge in [0.25, 0.3) is 0 Å². The molecule has 0 heterocycles. The van der Waals surface area contributed by atoms with Crippen molar-refractivity contribution in [3.63, 3.8) is 0 Å². The van der Waals surface area contributed by atoms with Crippen molar-refractivity contribution in [2.45, 2.75) is 46.0 Å². The number of unbranched alkanes of at least 4 members (excludes halogenated alkanes) is 2. The van der Waals surface area contributed by atoms with Crippen molar-refractivity contribution in [2.24, 2.45) is 5.16 Å². The molecule has 1 rings (SSSR count). The largest absolute Gasteiger partial charge is 0.493 e. The lowest BCUT2D eigenvalue weighted by atomic mass is 10.0. The van der Waals surface area contributed by atoms with Crippen LogP contribution >= 0.6 is 23.2 Å². The van der Waals surface area contributed by atoms with Crippen LogP contribution in [0.15, 0.2) is 27.9 Å². The average molecular weight is 418 g/mol. The zero-order chi connectivity index (χ0) is 19.9. The lowest BCUT2D eigenvalue weighted by molar-refractivity contribution is 0.164. The molecule has 0 amide bonds. The molecule has 0 radical (unpaired) electrons. The highest BCUT2D eigenvalue weighted by Gasteiger charge is 2.11. The molecular weight excluding hydrogens is 389 g/mol. The fourth-order valence-corrected chi connectivity index (χ4v) is 2.67. The van der Waals surface area contributed by atoms with Crippen LogP contribution in [0.5, 0.6) is 11.5 Å². The Morgan fingerprint density at radius 1 is 1.00 bits per heavy atom. The predicted molar refractivity (Wildman–Crippen MR) is 111 cm³/mol. The second-order valence-electron chi connectivity index (χ2n) is 5.86. The third-order valence-corrected chi connectivity index (χ3v) is 4.23. The Morgan fingerprint density at radius 2 is 1.67 bits per heavy atom. The maximum Gasteiger partial charge on any atom is 0.125 e. The third-order valence-electron chi connectivity index (χ3n) is 3.92. The number of aryl methyl sites for hydroxylation is 2. The average Bonchev–Trinajstić information content (AvgIpc) is 2.66. The van der Waals surface area contributed by atoms with Gasteiger partial charge in [-0.05, 0) is 61.4 Å². The summed E-state index contributed by atoms with van der Waals surface area (Å²) >= 11 is 11.2. The molecule has 0 bridgehead atoms. The van der Waals surface area contributed by atoms with Crippen LogP contribution in [0.2, 0.25) is 0 Å². The van der Waals surface area contributed by atoms with E-state index in [9.17, 15) is 0 Å². The van der Waals surface area contributed by atoms with E-state index in [1.807, 2.05) is 12.1 Å². The van der Waals surface area contributed by atoms with Crippen molar-refractivity contribution in [1.29, 1.82) is 0 Å². The molecule has 1 aromatic carbocycles. The van der Waals surface area contributed by atoms with E-state index < -0.39 is 0 Å². The number of oxime groups is 1. The molecule has 7 heteroatoms. The quantitative estimate of drug-likeness (QED) is 0.187. The minimum atomic E-state index is 0.202. The van der Waals surface area contributed by atoms with Crippen LogP contribution in [-0.2, 0) is 17.6 Å². The molecule has 0 atom stereocenters. The van der Waals surface area contributed by atoms with Crippen molar-refractivity contribution in [3.05, 3.63) is 33.8 Å². The first-order chi connectivity index (χ1) is 13.1. The van der Waals surface area contributed by atoms with Crippen molar-refractivity contribution in [3.8, 4) is 11.5 Å². The van der Waals surface area contributed by atoms with Gasteiger partial charge in [0.1, 0.15) is 22.6 Å². The summed E-state index contributed by atoms with van der Waals surface area (Å²) in [6.07, 6.45) is 7.61. The Morgan fingerprint density at radius 3 is 2.26 bits per heavy atom. The Hall–Kier alpha value is -1.43. The van der Waals surface area contributed by atoms with E-state index >= 15 is 0 Å². The highest BCUT2D eigenvalue weighted by Crippen LogP contribution is 2.31. The molecule has 0 aliphatic carbocycles. The summed E-state index contributed by atoms with van der Waals surface area (Å²) in [6, 6.07) is 4.03. The standard InChI is InChI=1S/C20H29Cl2NO4/c1-3-16-14-18(26-12-8-19(21)22)15-17(4-2)20(16)27-11-7-5-6-10-25-13-9-23-24/h8-9,14-15,24H,3-7,10-13H2,1-2H3. The SMILES string of the molecule is CCc1cc(OCC=C(Cl)Cl)cc(CC)c1OCCCCCOCC=NO. The highest BCUT2D eigenvalue weighted by atomic mass is 35.5. The number of halogens is 2. The van der Waals surface area contributed by atoms with Crippen molar-refractivity contribution >= 4 is 29.4 Å². The molecule has 0 aliphatic rings. The molecule has 27 heavy (non-hydrogen) atoms. The number of benzene rings is 1. The van der Waals surface area contributed by atoms with Crippen LogP contribution in [0.3, 0.4) is 0 Å². The molecule has 0 spiro atoms. The summed E-state index contributed by atoms with van der Waals surface area (Å²) in [5, 5.41) is 11.2. The lowest BCUT2D eigenvalue weighted by Gasteiger charge is -2.17. The summed E-state index contributed by atoms with van der Waals surface area (Å²) in [5.74, 6) is 1.76. The van der Waals surface area contributed by atoms with E-state index in [0.29, 0.717) is 26.4 Å². The van der Waals surface area contributed by atoms with Crippen molar-refractivity contribution in [2.75, 3.05) is 26.4 Å². The van der Waals surface area contributed by atoms with Gasteiger partial charge in [0.2, 0.25) is 0 Å². The number of hydrogen-bond donors (Lipinski definition) is 1. The van der Waals surface area contributed by atoms with Gasteiger partial charge in [0.15, 0.2) is 0 Å². The van der Waals surface area contributed by atoms with Crippen LogP contribution in [0.25, 0.3) is 0 Å². The first-order valence-corrected chi connectivity index (χ1v) is 10.0. The normalized spacial score (nSPS) is 11.0. The van der Waals surface area contributed by atoms with E-state index in [1.54, 1.807) is 6.08 Å². The summed E-state index contributed by atoms with van der Waals surface area (Å²) in [4.78, 5) is 0. The van der Waals surface area contributed by atoms with Gasteiger partial charge in [-0.15, -0.1) is 0 Å². The van der Waals surface area contributed by atoms with Gasteiger partial charge in [-0.3, -0.25) is 0 Å². The molecule has 0 saturated carbocycles. The molecule has 152 valence electrons. The van der Waals surface area contributed by atoms with Gasteiger partial charge in [0.05, 0.1) is 19.4 Å². The number of nitrogens with zero attached hydrogens (tertiary/aromatic N) is 1. The van der Waals surface area contributed by atoms with Crippen LogP contribution in [0, 0.1) is 0 Å². The van der Waals surface area contributed by atoms with Crippen LogP contribution in [0.1, 0.15) is 44.2 Å².